The van der Waals surface area contributed by atoms with E-state index in [0.717, 1.165) is 19.5 Å². The molecular formula is C7H15N3. The average Bonchev–Trinajstić information content (AvgIpc) is 1.97. The van der Waals surface area contributed by atoms with Gasteiger partial charge in [-0.3, -0.25) is 0 Å². The lowest BCUT2D eigenvalue weighted by Crippen LogP contribution is -2.15. The van der Waals surface area contributed by atoms with Crippen molar-refractivity contribution in [3.63, 3.8) is 0 Å². The summed E-state index contributed by atoms with van der Waals surface area (Å²) in [7, 11) is 0. The van der Waals surface area contributed by atoms with Gasteiger partial charge in [-0.2, -0.15) is 0 Å². The average molecular weight is 141 g/mol. The van der Waals surface area contributed by atoms with Gasteiger partial charge in [0.2, 0.25) is 0 Å². The fraction of sp³-hybridized carbons (Fsp3) is 0.571. The molecule has 0 atom stereocenters. The summed E-state index contributed by atoms with van der Waals surface area (Å²) in [6.07, 6.45) is 6.27. The quantitative estimate of drug-likeness (QED) is 0.332. The van der Waals surface area contributed by atoms with Gasteiger partial charge < -0.3 is 11.1 Å². The maximum absolute atomic E-state index is 5.27. The lowest BCUT2D eigenvalue weighted by atomic mass is 10.4. The molecule has 0 radical (unpaired) electrons. The Bertz CT molecular complexity index is 107. The molecule has 0 saturated carbocycles. The second-order valence-corrected chi connectivity index (χ2v) is 1.86. The molecule has 0 unspecified atom stereocenters. The first-order valence-corrected chi connectivity index (χ1v) is 3.48. The van der Waals surface area contributed by atoms with Crippen LogP contribution >= 0.6 is 0 Å². The summed E-state index contributed by atoms with van der Waals surface area (Å²) in [4.78, 5) is 3.90. The van der Waals surface area contributed by atoms with Crippen LogP contribution in [0.25, 0.3) is 0 Å². The number of nitrogens with one attached hydrogen (secondary N) is 1. The number of aliphatic imine (C=N–C) groups is 1. The van der Waals surface area contributed by atoms with Gasteiger partial charge in [-0.15, -0.1) is 0 Å². The molecule has 0 aliphatic rings. The molecule has 0 aliphatic heterocycles. The first-order valence-electron chi connectivity index (χ1n) is 3.48. The van der Waals surface area contributed by atoms with Crippen LogP contribution in [0.1, 0.15) is 13.3 Å². The van der Waals surface area contributed by atoms with E-state index < -0.39 is 0 Å². The van der Waals surface area contributed by atoms with Crippen LogP contribution in [0, 0.1) is 0 Å². The number of hydrogen-bond donors (Lipinski definition) is 2. The normalized spacial score (nSPS) is 11.4. The molecule has 0 aromatic heterocycles. The van der Waals surface area contributed by atoms with Gasteiger partial charge in [0, 0.05) is 12.7 Å². The Morgan fingerprint density at radius 3 is 3.00 bits per heavy atom. The van der Waals surface area contributed by atoms with E-state index in [0.29, 0.717) is 0 Å². The van der Waals surface area contributed by atoms with Gasteiger partial charge >= 0.3 is 0 Å². The first-order chi connectivity index (χ1) is 4.91. The SMILES string of the molecule is C/C=C\N=C/NCCCN. The Balaban J connectivity index is 3.02. The zero-order valence-electron chi connectivity index (χ0n) is 6.38. The van der Waals surface area contributed by atoms with Gasteiger partial charge in [0.1, 0.15) is 0 Å². The minimum absolute atomic E-state index is 0.727. The van der Waals surface area contributed by atoms with Gasteiger partial charge in [-0.25, -0.2) is 4.99 Å². The second kappa shape index (κ2) is 8.17. The van der Waals surface area contributed by atoms with E-state index >= 15 is 0 Å². The molecule has 0 saturated heterocycles. The first kappa shape index (κ1) is 9.17. The number of nitrogens with zero attached hydrogens (tertiary/aromatic N) is 1. The highest BCUT2D eigenvalue weighted by Crippen LogP contribution is 1.70. The van der Waals surface area contributed by atoms with Crippen LogP contribution in [0.3, 0.4) is 0 Å². The van der Waals surface area contributed by atoms with Crippen LogP contribution in [0.2, 0.25) is 0 Å². The second-order valence-electron chi connectivity index (χ2n) is 1.86. The third-order valence-electron chi connectivity index (χ3n) is 0.926. The van der Waals surface area contributed by atoms with Crippen molar-refractivity contribution in [2.24, 2.45) is 10.7 Å². The van der Waals surface area contributed by atoms with E-state index in [2.05, 4.69) is 10.3 Å². The van der Waals surface area contributed by atoms with Gasteiger partial charge in [0.05, 0.1) is 6.34 Å². The highest BCUT2D eigenvalue weighted by Gasteiger charge is 1.76. The van der Waals surface area contributed by atoms with Crippen molar-refractivity contribution in [3.8, 4) is 0 Å². The number of rotatable bonds is 5. The molecule has 58 valence electrons. The van der Waals surface area contributed by atoms with E-state index in [1.165, 1.54) is 0 Å². The Labute approximate surface area is 62.0 Å². The lowest BCUT2D eigenvalue weighted by Gasteiger charge is -1.94. The Morgan fingerprint density at radius 2 is 2.40 bits per heavy atom. The number of hydrogen-bond acceptors (Lipinski definition) is 2. The van der Waals surface area contributed by atoms with Crippen LogP contribution in [-0.4, -0.2) is 19.4 Å². The molecule has 0 amide bonds. The molecule has 3 heteroatoms. The highest BCUT2D eigenvalue weighted by molar-refractivity contribution is 5.54. The largest absolute Gasteiger partial charge is 0.376 e. The van der Waals surface area contributed by atoms with E-state index in [9.17, 15) is 0 Å². The third-order valence-corrected chi connectivity index (χ3v) is 0.926. The van der Waals surface area contributed by atoms with Crippen molar-refractivity contribution in [2.75, 3.05) is 13.1 Å². The third kappa shape index (κ3) is 7.17. The van der Waals surface area contributed by atoms with Crippen LogP contribution in [0.15, 0.2) is 17.3 Å². The minimum atomic E-state index is 0.727. The van der Waals surface area contributed by atoms with Crippen LogP contribution in [-0.2, 0) is 0 Å². The summed E-state index contributed by atoms with van der Waals surface area (Å²) in [6, 6.07) is 0. The molecule has 0 aliphatic carbocycles. The van der Waals surface area contributed by atoms with Crippen molar-refractivity contribution >= 4 is 6.34 Å². The summed E-state index contributed by atoms with van der Waals surface area (Å²) in [6.45, 7) is 3.55. The van der Waals surface area contributed by atoms with Crippen molar-refractivity contribution in [1.82, 2.24) is 5.32 Å². The zero-order valence-corrected chi connectivity index (χ0v) is 6.38. The summed E-state index contributed by atoms with van der Waals surface area (Å²) in [5.41, 5.74) is 5.27. The minimum Gasteiger partial charge on any atom is -0.376 e. The fourth-order valence-electron chi connectivity index (χ4n) is 0.450. The standard InChI is InChI=1S/C7H15N3/c1-2-5-9-7-10-6-3-4-8/h2,5,7H,3-4,6,8H2,1H3,(H,9,10)/b5-2-. The van der Waals surface area contributed by atoms with E-state index in [4.69, 9.17) is 5.73 Å². The Morgan fingerprint density at radius 1 is 1.60 bits per heavy atom. The Kier molecular flexibility index (Phi) is 7.49. The zero-order chi connectivity index (χ0) is 7.66. The van der Waals surface area contributed by atoms with Crippen molar-refractivity contribution in [2.45, 2.75) is 13.3 Å². The maximum atomic E-state index is 5.27. The van der Waals surface area contributed by atoms with Crippen molar-refractivity contribution in [1.29, 1.82) is 0 Å². The van der Waals surface area contributed by atoms with Crippen LogP contribution < -0.4 is 11.1 Å². The van der Waals surface area contributed by atoms with Crippen molar-refractivity contribution in [3.05, 3.63) is 12.3 Å². The Hall–Kier alpha value is -0.830. The maximum Gasteiger partial charge on any atom is 0.0878 e. The summed E-state index contributed by atoms with van der Waals surface area (Å²) in [5, 5.41) is 3.00. The van der Waals surface area contributed by atoms with Crippen molar-refractivity contribution < 1.29 is 0 Å². The molecule has 10 heavy (non-hydrogen) atoms. The molecule has 3 N–H and O–H groups in total. The summed E-state index contributed by atoms with van der Waals surface area (Å²) in [5.74, 6) is 0. The molecule has 0 rings (SSSR count). The van der Waals surface area contributed by atoms with Crippen LogP contribution in [0.4, 0.5) is 0 Å². The predicted octanol–water partition coefficient (Wildman–Crippen LogP) is 0.487. The topological polar surface area (TPSA) is 50.4 Å². The highest BCUT2D eigenvalue weighted by atomic mass is 14.9. The molecular weight excluding hydrogens is 126 g/mol. The monoisotopic (exact) mass is 141 g/mol. The van der Waals surface area contributed by atoms with Gasteiger partial charge in [0.15, 0.2) is 0 Å². The molecule has 0 bridgehead atoms. The smallest absolute Gasteiger partial charge is 0.0878 e. The molecule has 0 heterocycles. The predicted molar refractivity (Wildman–Crippen MR) is 45.0 cm³/mol. The van der Waals surface area contributed by atoms with E-state index in [1.54, 1.807) is 12.5 Å². The van der Waals surface area contributed by atoms with Crippen LogP contribution in [0.5, 0.6) is 0 Å². The molecule has 0 spiro atoms. The van der Waals surface area contributed by atoms with E-state index in [-0.39, 0.29) is 0 Å². The summed E-state index contributed by atoms with van der Waals surface area (Å²) < 4.78 is 0. The molecule has 0 aromatic carbocycles. The molecule has 0 fully saturated rings. The van der Waals surface area contributed by atoms with Gasteiger partial charge in [-0.1, -0.05) is 6.08 Å². The number of allylic oxidation sites excluding steroid dienone is 1. The van der Waals surface area contributed by atoms with E-state index in [1.807, 2.05) is 13.0 Å². The molecule has 3 nitrogen and oxygen atoms in total. The van der Waals surface area contributed by atoms with Gasteiger partial charge in [-0.05, 0) is 19.9 Å². The van der Waals surface area contributed by atoms with Gasteiger partial charge in [0.25, 0.3) is 0 Å². The summed E-state index contributed by atoms with van der Waals surface area (Å²) >= 11 is 0. The number of nitrogens with two attached hydrogens (primary N) is 1. The lowest BCUT2D eigenvalue weighted by molar-refractivity contribution is 0.791. The molecule has 0 aromatic rings. The fourth-order valence-corrected chi connectivity index (χ4v) is 0.450.